The third kappa shape index (κ3) is 2.86. The molecular weight excluding hydrogens is 267 g/mol. The van der Waals surface area contributed by atoms with E-state index in [1.807, 2.05) is 32.0 Å². The van der Waals surface area contributed by atoms with E-state index in [-0.39, 0.29) is 0 Å². The van der Waals surface area contributed by atoms with Crippen molar-refractivity contribution in [2.45, 2.75) is 20.0 Å². The first-order chi connectivity index (χ1) is 8.47. The van der Waals surface area contributed by atoms with Gasteiger partial charge in [-0.1, -0.05) is 47.0 Å². The number of aryl methyl sites for hydroxylation is 2. The molecule has 0 aliphatic heterocycles. The SMILES string of the molecule is Cc1ccc(C(O)c2cc(Cl)cc(Cl)c2)c(C)c1. The smallest absolute Gasteiger partial charge is 0.104 e. The van der Waals surface area contributed by atoms with Gasteiger partial charge in [0.1, 0.15) is 6.10 Å². The maximum atomic E-state index is 10.4. The summed E-state index contributed by atoms with van der Waals surface area (Å²) in [6.45, 7) is 4.01. The van der Waals surface area contributed by atoms with Crippen LogP contribution in [0.15, 0.2) is 36.4 Å². The van der Waals surface area contributed by atoms with Crippen LogP contribution in [0.25, 0.3) is 0 Å². The first-order valence-electron chi connectivity index (χ1n) is 5.68. The second-order valence-corrected chi connectivity index (χ2v) is 5.34. The van der Waals surface area contributed by atoms with E-state index in [0.29, 0.717) is 15.6 Å². The molecule has 0 saturated carbocycles. The largest absolute Gasteiger partial charge is 0.384 e. The summed E-state index contributed by atoms with van der Waals surface area (Å²) < 4.78 is 0. The van der Waals surface area contributed by atoms with Gasteiger partial charge in [-0.3, -0.25) is 0 Å². The lowest BCUT2D eigenvalue weighted by Gasteiger charge is -2.15. The fourth-order valence-electron chi connectivity index (χ4n) is 2.05. The number of halogens is 2. The minimum Gasteiger partial charge on any atom is -0.384 e. The van der Waals surface area contributed by atoms with E-state index in [2.05, 4.69) is 0 Å². The van der Waals surface area contributed by atoms with Crippen LogP contribution < -0.4 is 0 Å². The Morgan fingerprint density at radius 1 is 0.944 bits per heavy atom. The van der Waals surface area contributed by atoms with Crippen molar-refractivity contribution in [1.29, 1.82) is 0 Å². The summed E-state index contributed by atoms with van der Waals surface area (Å²) in [5.41, 5.74) is 3.81. The highest BCUT2D eigenvalue weighted by atomic mass is 35.5. The van der Waals surface area contributed by atoms with Crippen LogP contribution in [0.4, 0.5) is 0 Å². The first kappa shape index (κ1) is 13.4. The Labute approximate surface area is 117 Å². The Morgan fingerprint density at radius 2 is 1.56 bits per heavy atom. The maximum absolute atomic E-state index is 10.4. The molecule has 0 bridgehead atoms. The highest BCUT2D eigenvalue weighted by Gasteiger charge is 2.14. The molecule has 1 N–H and O–H groups in total. The Morgan fingerprint density at radius 3 is 2.11 bits per heavy atom. The molecule has 1 atom stereocenters. The molecule has 0 fully saturated rings. The molecule has 1 nitrogen and oxygen atoms in total. The zero-order chi connectivity index (χ0) is 13.3. The van der Waals surface area contributed by atoms with Crippen molar-refractivity contribution < 1.29 is 5.11 Å². The molecule has 1 unspecified atom stereocenters. The van der Waals surface area contributed by atoms with Gasteiger partial charge in [0.05, 0.1) is 0 Å². The molecule has 0 aliphatic carbocycles. The van der Waals surface area contributed by atoms with Gasteiger partial charge in [-0.25, -0.2) is 0 Å². The van der Waals surface area contributed by atoms with Gasteiger partial charge in [0.2, 0.25) is 0 Å². The van der Waals surface area contributed by atoms with Gasteiger partial charge in [0.25, 0.3) is 0 Å². The summed E-state index contributed by atoms with van der Waals surface area (Å²) in [5, 5.41) is 11.5. The minimum atomic E-state index is -0.707. The lowest BCUT2D eigenvalue weighted by Crippen LogP contribution is -2.02. The molecule has 3 heteroatoms. The van der Waals surface area contributed by atoms with Crippen molar-refractivity contribution in [2.24, 2.45) is 0 Å². The number of benzene rings is 2. The van der Waals surface area contributed by atoms with Crippen LogP contribution in [0.5, 0.6) is 0 Å². The van der Waals surface area contributed by atoms with Crippen molar-refractivity contribution in [3.8, 4) is 0 Å². The summed E-state index contributed by atoms with van der Waals surface area (Å²) in [6, 6.07) is 11.1. The number of aliphatic hydroxyl groups excluding tert-OH is 1. The lowest BCUT2D eigenvalue weighted by atomic mass is 9.96. The van der Waals surface area contributed by atoms with Crippen LogP contribution in [-0.2, 0) is 0 Å². The first-order valence-corrected chi connectivity index (χ1v) is 6.44. The third-order valence-corrected chi connectivity index (χ3v) is 3.36. The third-order valence-electron chi connectivity index (χ3n) is 2.92. The van der Waals surface area contributed by atoms with E-state index in [4.69, 9.17) is 23.2 Å². The van der Waals surface area contributed by atoms with Crippen molar-refractivity contribution >= 4 is 23.2 Å². The zero-order valence-electron chi connectivity index (χ0n) is 10.2. The molecule has 0 aliphatic rings. The second-order valence-electron chi connectivity index (χ2n) is 4.47. The maximum Gasteiger partial charge on any atom is 0.104 e. The molecule has 0 saturated heterocycles. The average Bonchev–Trinajstić information content (AvgIpc) is 2.26. The van der Waals surface area contributed by atoms with Gasteiger partial charge in [-0.05, 0) is 48.7 Å². The minimum absolute atomic E-state index is 0.529. The average molecular weight is 281 g/mol. The van der Waals surface area contributed by atoms with Gasteiger partial charge < -0.3 is 5.11 Å². The predicted octanol–water partition coefficient (Wildman–Crippen LogP) is 4.69. The Balaban J connectivity index is 2.44. The van der Waals surface area contributed by atoms with Crippen molar-refractivity contribution in [1.82, 2.24) is 0 Å². The van der Waals surface area contributed by atoms with Crippen LogP contribution in [0.3, 0.4) is 0 Å². The molecule has 0 radical (unpaired) electrons. The summed E-state index contributed by atoms with van der Waals surface area (Å²) >= 11 is 11.9. The van der Waals surface area contributed by atoms with Gasteiger partial charge in [-0.15, -0.1) is 0 Å². The molecule has 0 aromatic heterocycles. The number of hydrogen-bond donors (Lipinski definition) is 1. The molecule has 18 heavy (non-hydrogen) atoms. The fourth-order valence-corrected chi connectivity index (χ4v) is 2.59. The van der Waals surface area contributed by atoms with Gasteiger partial charge in [0, 0.05) is 10.0 Å². The normalized spacial score (nSPS) is 12.5. The van der Waals surface area contributed by atoms with Crippen molar-refractivity contribution in [2.75, 3.05) is 0 Å². The summed E-state index contributed by atoms with van der Waals surface area (Å²) in [7, 11) is 0. The van der Waals surface area contributed by atoms with E-state index in [1.54, 1.807) is 18.2 Å². The van der Waals surface area contributed by atoms with Crippen LogP contribution in [0.1, 0.15) is 28.4 Å². The monoisotopic (exact) mass is 280 g/mol. The number of hydrogen-bond acceptors (Lipinski definition) is 1. The quantitative estimate of drug-likeness (QED) is 0.846. The van der Waals surface area contributed by atoms with E-state index in [9.17, 15) is 5.11 Å². The lowest BCUT2D eigenvalue weighted by molar-refractivity contribution is 0.219. The predicted molar refractivity (Wildman–Crippen MR) is 76.4 cm³/mol. The molecule has 0 spiro atoms. The summed E-state index contributed by atoms with van der Waals surface area (Å²) in [6.07, 6.45) is -0.707. The highest BCUT2D eigenvalue weighted by molar-refractivity contribution is 6.34. The van der Waals surface area contributed by atoms with E-state index in [0.717, 1.165) is 11.1 Å². The van der Waals surface area contributed by atoms with E-state index >= 15 is 0 Å². The van der Waals surface area contributed by atoms with Gasteiger partial charge in [0.15, 0.2) is 0 Å². The highest BCUT2D eigenvalue weighted by Crippen LogP contribution is 2.29. The Hall–Kier alpha value is -1.02. The van der Waals surface area contributed by atoms with Crippen LogP contribution >= 0.6 is 23.2 Å². The Bertz CT molecular complexity index is 558. The van der Waals surface area contributed by atoms with E-state index in [1.165, 1.54) is 5.56 Å². The molecule has 0 heterocycles. The molecule has 2 aromatic carbocycles. The molecule has 0 amide bonds. The fraction of sp³-hybridized carbons (Fsp3) is 0.200. The standard InChI is InChI=1S/C15H14Cl2O/c1-9-3-4-14(10(2)5-9)15(18)11-6-12(16)8-13(17)7-11/h3-8,15,18H,1-2H3. The topological polar surface area (TPSA) is 20.2 Å². The molecular formula is C15H14Cl2O. The number of aliphatic hydroxyl groups is 1. The van der Waals surface area contributed by atoms with Crippen LogP contribution in [-0.4, -0.2) is 5.11 Å². The molecule has 2 rings (SSSR count). The molecule has 2 aromatic rings. The van der Waals surface area contributed by atoms with Crippen molar-refractivity contribution in [3.63, 3.8) is 0 Å². The summed E-state index contributed by atoms with van der Waals surface area (Å²) in [5.74, 6) is 0. The summed E-state index contributed by atoms with van der Waals surface area (Å²) in [4.78, 5) is 0. The zero-order valence-corrected chi connectivity index (χ0v) is 11.8. The van der Waals surface area contributed by atoms with Crippen molar-refractivity contribution in [3.05, 3.63) is 68.7 Å². The number of rotatable bonds is 2. The second kappa shape index (κ2) is 5.31. The van der Waals surface area contributed by atoms with Crippen LogP contribution in [0, 0.1) is 13.8 Å². The Kier molecular flexibility index (Phi) is 3.96. The van der Waals surface area contributed by atoms with Crippen LogP contribution in [0.2, 0.25) is 10.0 Å². The van der Waals surface area contributed by atoms with Gasteiger partial charge >= 0.3 is 0 Å². The van der Waals surface area contributed by atoms with Gasteiger partial charge in [-0.2, -0.15) is 0 Å². The van der Waals surface area contributed by atoms with E-state index < -0.39 is 6.10 Å². The molecule has 94 valence electrons.